The van der Waals surface area contributed by atoms with Crippen molar-refractivity contribution in [1.82, 2.24) is 4.90 Å². The smallest absolute Gasteiger partial charge is 0.202 e. The lowest BCUT2D eigenvalue weighted by molar-refractivity contribution is -0.153. The van der Waals surface area contributed by atoms with Gasteiger partial charge in [-0.2, -0.15) is 0 Å². The van der Waals surface area contributed by atoms with Gasteiger partial charge in [-0.3, -0.25) is 19.3 Å². The quantitative estimate of drug-likeness (QED) is 0.389. The second-order valence-corrected chi connectivity index (χ2v) is 13.2. The molecule has 4 rings (SSSR count). The molecule has 4 atom stereocenters. The third-order valence-electron chi connectivity index (χ3n) is 8.74. The van der Waals surface area contributed by atoms with Gasteiger partial charge in [0.1, 0.15) is 22.8 Å². The molecule has 1 aromatic rings. The zero-order valence-corrected chi connectivity index (χ0v) is 24.8. The van der Waals surface area contributed by atoms with Gasteiger partial charge in [0, 0.05) is 31.3 Å². The van der Waals surface area contributed by atoms with Crippen LogP contribution in [0.4, 0.5) is 5.69 Å². The summed E-state index contributed by atoms with van der Waals surface area (Å²) in [5.74, 6) is -5.45. The van der Waals surface area contributed by atoms with Gasteiger partial charge in [0.05, 0.1) is 11.6 Å². The van der Waals surface area contributed by atoms with Gasteiger partial charge in [0.15, 0.2) is 17.2 Å². The number of carbonyl (C=O) groups excluding carboxylic acids is 3. The number of rotatable bonds is 6. The molecule has 4 N–H and O–H groups in total. The summed E-state index contributed by atoms with van der Waals surface area (Å²) >= 11 is 0. The first-order chi connectivity index (χ1) is 18.4. The number of phenols is 1. The second kappa shape index (κ2) is 10.0. The largest absolute Gasteiger partial charge is 0.508 e. The van der Waals surface area contributed by atoms with Crippen molar-refractivity contribution >= 4 is 28.8 Å². The van der Waals surface area contributed by atoms with E-state index in [2.05, 4.69) is 20.8 Å². The Morgan fingerprint density at radius 3 is 2.25 bits per heavy atom. The first-order valence-electron chi connectivity index (χ1n) is 13.8. The summed E-state index contributed by atoms with van der Waals surface area (Å²) in [4.78, 5) is 43.2. The van der Waals surface area contributed by atoms with E-state index in [1.807, 2.05) is 25.1 Å². The second-order valence-electron chi connectivity index (χ2n) is 13.2. The third kappa shape index (κ3) is 4.53. The predicted octanol–water partition coefficient (Wildman–Crippen LogP) is 3.50. The van der Waals surface area contributed by atoms with Crippen molar-refractivity contribution in [2.45, 2.75) is 71.4 Å². The van der Waals surface area contributed by atoms with Crippen LogP contribution in [0.25, 0.3) is 5.76 Å². The molecule has 0 aliphatic heterocycles. The minimum Gasteiger partial charge on any atom is -0.508 e. The van der Waals surface area contributed by atoms with E-state index in [-0.39, 0.29) is 35.1 Å². The van der Waals surface area contributed by atoms with Gasteiger partial charge in [-0.15, -0.1) is 0 Å². The van der Waals surface area contributed by atoms with Crippen LogP contribution in [0.2, 0.25) is 0 Å². The van der Waals surface area contributed by atoms with E-state index in [1.165, 1.54) is 0 Å². The van der Waals surface area contributed by atoms with Crippen molar-refractivity contribution in [2.24, 2.45) is 17.3 Å². The Labute approximate surface area is 235 Å². The Bertz CT molecular complexity index is 1350. The third-order valence-corrected chi connectivity index (χ3v) is 8.74. The van der Waals surface area contributed by atoms with Crippen LogP contribution in [0.5, 0.6) is 5.75 Å². The fraction of sp³-hybridized carbons (Fsp3) is 0.581. The number of Topliss-reactive ketones (excluding diaryl/α,β-unsaturated/α-hetero) is 3. The fourth-order valence-corrected chi connectivity index (χ4v) is 6.85. The molecule has 9 heteroatoms. The van der Waals surface area contributed by atoms with Crippen LogP contribution in [-0.2, 0) is 27.2 Å². The van der Waals surface area contributed by atoms with Crippen molar-refractivity contribution in [2.75, 3.05) is 33.1 Å². The summed E-state index contributed by atoms with van der Waals surface area (Å²) in [5, 5.41) is 45.9. The summed E-state index contributed by atoms with van der Waals surface area (Å²) in [6, 6.07) is 0.900. The van der Waals surface area contributed by atoms with Gasteiger partial charge >= 0.3 is 0 Å². The number of aliphatic hydroxyl groups excluding tert-OH is 2. The lowest BCUT2D eigenvalue weighted by atomic mass is 9.57. The summed E-state index contributed by atoms with van der Waals surface area (Å²) < 4.78 is 0. The monoisotopic (exact) mass is 554 g/mol. The van der Waals surface area contributed by atoms with Crippen LogP contribution in [0.1, 0.15) is 63.6 Å². The number of benzene rings is 1. The summed E-state index contributed by atoms with van der Waals surface area (Å²) in [6.07, 6.45) is 2.70. The number of aryl methyl sites for hydroxylation is 1. The van der Waals surface area contributed by atoms with Crippen LogP contribution in [0.15, 0.2) is 23.0 Å². The average Bonchev–Trinajstić information content (AvgIpc) is 2.81. The van der Waals surface area contributed by atoms with Gasteiger partial charge < -0.3 is 25.3 Å². The highest BCUT2D eigenvalue weighted by Crippen LogP contribution is 2.54. The molecular formula is C31H42N2O7. The maximum Gasteiger partial charge on any atom is 0.202 e. The minimum atomic E-state index is -2.56. The van der Waals surface area contributed by atoms with Crippen LogP contribution in [0, 0.1) is 17.3 Å². The van der Waals surface area contributed by atoms with Crippen LogP contribution in [-0.4, -0.2) is 82.5 Å². The van der Waals surface area contributed by atoms with Crippen molar-refractivity contribution in [3.63, 3.8) is 0 Å². The number of carbonyl (C=O) groups is 3. The van der Waals surface area contributed by atoms with Crippen molar-refractivity contribution in [3.05, 3.63) is 39.7 Å². The lowest BCUT2D eigenvalue weighted by Crippen LogP contribution is -2.65. The Kier molecular flexibility index (Phi) is 7.47. The number of ketones is 3. The molecule has 0 aromatic heterocycles. The van der Waals surface area contributed by atoms with Gasteiger partial charge in [-0.05, 0) is 81.6 Å². The average molecular weight is 555 g/mol. The van der Waals surface area contributed by atoms with Crippen LogP contribution in [0.3, 0.4) is 0 Å². The summed E-state index contributed by atoms with van der Waals surface area (Å²) in [6.45, 7) is 7.55. The molecule has 3 aliphatic carbocycles. The fourth-order valence-electron chi connectivity index (χ4n) is 6.85. The number of phenolic OH excluding ortho intramolecular Hbond substituents is 1. The number of anilines is 1. The molecular weight excluding hydrogens is 512 g/mol. The first kappa shape index (κ1) is 29.8. The molecule has 0 radical (unpaired) electrons. The molecule has 3 aliphatic rings. The van der Waals surface area contributed by atoms with E-state index < -0.39 is 57.9 Å². The van der Waals surface area contributed by atoms with Gasteiger partial charge in [0.2, 0.25) is 5.78 Å². The highest BCUT2D eigenvalue weighted by molar-refractivity contribution is 6.25. The van der Waals surface area contributed by atoms with Crippen molar-refractivity contribution in [1.29, 1.82) is 0 Å². The normalized spacial score (nSPS) is 26.6. The number of aromatic hydroxyl groups is 1. The number of hydrogen-bond donors (Lipinski definition) is 4. The van der Waals surface area contributed by atoms with Crippen LogP contribution < -0.4 is 4.90 Å². The Balaban J connectivity index is 1.91. The highest BCUT2D eigenvalue weighted by Gasteiger charge is 2.64. The molecule has 218 valence electrons. The molecule has 1 aromatic carbocycles. The number of hydrogen-bond acceptors (Lipinski definition) is 9. The van der Waals surface area contributed by atoms with Gasteiger partial charge in [-0.25, -0.2) is 0 Å². The zero-order valence-electron chi connectivity index (χ0n) is 24.8. The molecule has 0 amide bonds. The maximum absolute atomic E-state index is 14.1. The molecule has 1 saturated carbocycles. The molecule has 9 nitrogen and oxygen atoms in total. The van der Waals surface area contributed by atoms with Crippen molar-refractivity contribution < 1.29 is 34.8 Å². The standard InChI is InChI=1S/C31H42N2O7/c1-15(34)21-27(37)24(33(7)8)19-13-17-12-18-20(32(5)6)14-16(10-9-11-30(2,3)4)25(35)23(18)26(36)22(17)29(39)31(19,40)28(21)38/h14,17,19,24,35-36,38,40H,9-13H2,1-8H3/t17?,19?,24-,31+/m0/s1. The van der Waals surface area contributed by atoms with E-state index in [9.17, 15) is 34.8 Å². The van der Waals surface area contributed by atoms with Crippen LogP contribution >= 0.6 is 0 Å². The number of aliphatic hydroxyl groups is 3. The highest BCUT2D eigenvalue weighted by atomic mass is 16.3. The van der Waals surface area contributed by atoms with E-state index in [4.69, 9.17) is 0 Å². The number of nitrogens with zero attached hydrogens (tertiary/aromatic N) is 2. The van der Waals surface area contributed by atoms with Crippen molar-refractivity contribution in [3.8, 4) is 5.75 Å². The molecule has 0 bridgehead atoms. The lowest BCUT2D eigenvalue weighted by Gasteiger charge is -2.50. The Hall–Kier alpha value is -3.17. The molecule has 0 spiro atoms. The van der Waals surface area contributed by atoms with Gasteiger partial charge in [-0.1, -0.05) is 20.8 Å². The topological polar surface area (TPSA) is 139 Å². The molecule has 1 fully saturated rings. The molecule has 0 saturated heterocycles. The van der Waals surface area contributed by atoms with E-state index >= 15 is 0 Å². The first-order valence-corrected chi connectivity index (χ1v) is 13.8. The zero-order chi connectivity index (χ0) is 30.1. The van der Waals surface area contributed by atoms with Gasteiger partial charge in [0.25, 0.3) is 0 Å². The van der Waals surface area contributed by atoms with E-state index in [0.29, 0.717) is 17.5 Å². The van der Waals surface area contributed by atoms with E-state index in [1.54, 1.807) is 19.0 Å². The number of likely N-dealkylation sites (N-methyl/N-ethyl adjacent to an activating group) is 1. The molecule has 40 heavy (non-hydrogen) atoms. The van der Waals surface area contributed by atoms with E-state index in [0.717, 1.165) is 25.5 Å². The Morgan fingerprint density at radius 1 is 1.10 bits per heavy atom. The predicted molar refractivity (Wildman–Crippen MR) is 152 cm³/mol. The minimum absolute atomic E-state index is 0.0978. The number of fused-ring (bicyclic) bond motifs is 3. The maximum atomic E-state index is 14.1. The summed E-state index contributed by atoms with van der Waals surface area (Å²) in [5.41, 5.74) is -0.849. The molecule has 0 heterocycles. The summed E-state index contributed by atoms with van der Waals surface area (Å²) in [7, 11) is 6.99. The molecule has 2 unspecified atom stereocenters. The SMILES string of the molecule is CC(=O)C1=C(O)[C@@]2(O)C(=O)C3=C(O)c4c(O)c(CCCC(C)(C)C)cc(N(C)C)c4CC3CC2[C@H](N(C)C)C1=O. The Morgan fingerprint density at radius 2 is 1.73 bits per heavy atom.